The molecule has 2 aromatic heterocycles. The second kappa shape index (κ2) is 3.95. The van der Waals surface area contributed by atoms with E-state index in [1.807, 2.05) is 13.0 Å². The Morgan fingerprint density at radius 3 is 2.73 bits per heavy atom. The van der Waals surface area contributed by atoms with Crippen molar-refractivity contribution in [2.45, 2.75) is 6.92 Å². The summed E-state index contributed by atoms with van der Waals surface area (Å²) in [6.07, 6.45) is 1.64. The molecule has 0 atom stereocenters. The molecule has 0 spiro atoms. The number of aromatic nitrogens is 2. The molecule has 0 aliphatic carbocycles. The van der Waals surface area contributed by atoms with E-state index in [-0.39, 0.29) is 5.15 Å². The van der Waals surface area contributed by atoms with Crippen molar-refractivity contribution in [3.05, 3.63) is 47.1 Å². The van der Waals surface area contributed by atoms with E-state index >= 15 is 0 Å². The van der Waals surface area contributed by atoms with Gasteiger partial charge in [-0.05, 0) is 36.8 Å². The van der Waals surface area contributed by atoms with Crippen LogP contribution >= 0.6 is 11.6 Å². The second-order valence-electron chi connectivity index (χ2n) is 3.19. The largest absolute Gasteiger partial charge is 0.256 e. The Morgan fingerprint density at radius 1 is 1.27 bits per heavy atom. The first kappa shape index (κ1) is 10.1. The van der Waals surface area contributed by atoms with Crippen molar-refractivity contribution in [3.8, 4) is 11.3 Å². The van der Waals surface area contributed by atoms with E-state index in [4.69, 9.17) is 11.6 Å². The Hall–Kier alpha value is -1.48. The predicted octanol–water partition coefficient (Wildman–Crippen LogP) is 3.24. The van der Waals surface area contributed by atoms with Gasteiger partial charge in [0.05, 0.1) is 11.3 Å². The standard InChI is InChI=1S/C11H8ClFN2/c1-7-4-5-14-9(6-7)8-2-3-10(12)15-11(8)13/h2-6H,1H3. The van der Waals surface area contributed by atoms with Gasteiger partial charge in [-0.25, -0.2) is 4.98 Å². The van der Waals surface area contributed by atoms with Crippen LogP contribution in [0.25, 0.3) is 11.3 Å². The predicted molar refractivity (Wildman–Crippen MR) is 57.2 cm³/mol. The van der Waals surface area contributed by atoms with E-state index in [0.29, 0.717) is 11.3 Å². The fourth-order valence-corrected chi connectivity index (χ4v) is 1.42. The molecular formula is C11H8ClFN2. The van der Waals surface area contributed by atoms with E-state index in [2.05, 4.69) is 9.97 Å². The lowest BCUT2D eigenvalue weighted by Gasteiger charge is -2.02. The monoisotopic (exact) mass is 222 g/mol. The van der Waals surface area contributed by atoms with Crippen molar-refractivity contribution in [1.82, 2.24) is 9.97 Å². The molecule has 0 fully saturated rings. The van der Waals surface area contributed by atoms with Gasteiger partial charge in [0.1, 0.15) is 5.15 Å². The van der Waals surface area contributed by atoms with E-state index in [1.165, 1.54) is 0 Å². The Morgan fingerprint density at radius 2 is 2.07 bits per heavy atom. The van der Waals surface area contributed by atoms with Gasteiger partial charge in [0.15, 0.2) is 0 Å². The molecule has 0 saturated heterocycles. The Balaban J connectivity index is 2.54. The number of halogens is 2. The van der Waals surface area contributed by atoms with Crippen molar-refractivity contribution in [2.24, 2.45) is 0 Å². The highest BCUT2D eigenvalue weighted by Crippen LogP contribution is 2.21. The van der Waals surface area contributed by atoms with Gasteiger partial charge in [0, 0.05) is 6.20 Å². The first-order valence-electron chi connectivity index (χ1n) is 4.42. The minimum atomic E-state index is -0.597. The number of nitrogens with zero attached hydrogens (tertiary/aromatic N) is 2. The first-order chi connectivity index (χ1) is 7.16. The molecule has 2 nitrogen and oxygen atoms in total. The minimum absolute atomic E-state index is 0.143. The van der Waals surface area contributed by atoms with Crippen LogP contribution in [0, 0.1) is 12.9 Å². The third-order valence-corrected chi connectivity index (χ3v) is 2.22. The molecule has 2 heterocycles. The van der Waals surface area contributed by atoms with Crippen molar-refractivity contribution >= 4 is 11.6 Å². The van der Waals surface area contributed by atoms with Gasteiger partial charge >= 0.3 is 0 Å². The SMILES string of the molecule is Cc1ccnc(-c2ccc(Cl)nc2F)c1. The molecule has 0 unspecified atom stereocenters. The molecule has 0 amide bonds. The van der Waals surface area contributed by atoms with Crippen LogP contribution in [0.1, 0.15) is 5.56 Å². The van der Waals surface area contributed by atoms with Gasteiger partial charge in [-0.15, -0.1) is 0 Å². The molecular weight excluding hydrogens is 215 g/mol. The molecule has 0 aliphatic heterocycles. The van der Waals surface area contributed by atoms with E-state index in [1.54, 1.807) is 24.4 Å². The van der Waals surface area contributed by atoms with Gasteiger partial charge in [-0.2, -0.15) is 4.39 Å². The fraction of sp³-hybridized carbons (Fsp3) is 0.0909. The number of hydrogen-bond donors (Lipinski definition) is 0. The Bertz CT molecular complexity index is 500. The lowest BCUT2D eigenvalue weighted by molar-refractivity contribution is 0.587. The summed E-state index contributed by atoms with van der Waals surface area (Å²) >= 11 is 5.56. The third kappa shape index (κ3) is 2.13. The smallest absolute Gasteiger partial charge is 0.223 e. The summed E-state index contributed by atoms with van der Waals surface area (Å²) in [6.45, 7) is 1.92. The molecule has 0 aliphatic rings. The molecule has 2 aromatic rings. The second-order valence-corrected chi connectivity index (χ2v) is 3.58. The lowest BCUT2D eigenvalue weighted by Crippen LogP contribution is -1.91. The number of rotatable bonds is 1. The van der Waals surface area contributed by atoms with Crippen LogP contribution in [0.3, 0.4) is 0 Å². The van der Waals surface area contributed by atoms with Gasteiger partial charge in [0.2, 0.25) is 5.95 Å². The van der Waals surface area contributed by atoms with Crippen molar-refractivity contribution in [1.29, 1.82) is 0 Å². The molecule has 4 heteroatoms. The van der Waals surface area contributed by atoms with E-state index < -0.39 is 5.95 Å². The van der Waals surface area contributed by atoms with Crippen LogP contribution in [0.5, 0.6) is 0 Å². The van der Waals surface area contributed by atoms with Gasteiger partial charge in [-0.1, -0.05) is 11.6 Å². The van der Waals surface area contributed by atoms with Gasteiger partial charge < -0.3 is 0 Å². The highest BCUT2D eigenvalue weighted by Gasteiger charge is 2.07. The van der Waals surface area contributed by atoms with Crippen LogP contribution in [-0.4, -0.2) is 9.97 Å². The quantitative estimate of drug-likeness (QED) is 0.693. The van der Waals surface area contributed by atoms with Crippen LogP contribution in [0.15, 0.2) is 30.5 Å². The van der Waals surface area contributed by atoms with Crippen LogP contribution < -0.4 is 0 Å². The van der Waals surface area contributed by atoms with Gasteiger partial charge in [-0.3, -0.25) is 4.98 Å². The van der Waals surface area contributed by atoms with Crippen LogP contribution in [0.2, 0.25) is 5.15 Å². The summed E-state index contributed by atoms with van der Waals surface area (Å²) in [5.41, 5.74) is 1.95. The maximum absolute atomic E-state index is 13.4. The molecule has 15 heavy (non-hydrogen) atoms. The average molecular weight is 223 g/mol. The Labute approximate surface area is 91.8 Å². The lowest BCUT2D eigenvalue weighted by atomic mass is 10.1. The highest BCUT2D eigenvalue weighted by atomic mass is 35.5. The molecule has 2 rings (SSSR count). The maximum atomic E-state index is 13.4. The Kier molecular flexibility index (Phi) is 2.64. The van der Waals surface area contributed by atoms with E-state index in [9.17, 15) is 4.39 Å². The van der Waals surface area contributed by atoms with Crippen molar-refractivity contribution < 1.29 is 4.39 Å². The van der Waals surface area contributed by atoms with E-state index in [0.717, 1.165) is 5.56 Å². The van der Waals surface area contributed by atoms with Crippen LogP contribution in [0.4, 0.5) is 4.39 Å². The zero-order valence-corrected chi connectivity index (χ0v) is 8.79. The molecule has 0 aromatic carbocycles. The summed E-state index contributed by atoms with van der Waals surface area (Å²) in [4.78, 5) is 7.62. The molecule has 0 radical (unpaired) electrons. The van der Waals surface area contributed by atoms with Crippen molar-refractivity contribution in [3.63, 3.8) is 0 Å². The highest BCUT2D eigenvalue weighted by molar-refractivity contribution is 6.29. The minimum Gasteiger partial charge on any atom is -0.256 e. The summed E-state index contributed by atoms with van der Waals surface area (Å²) in [6, 6.07) is 6.77. The third-order valence-electron chi connectivity index (χ3n) is 2.01. The maximum Gasteiger partial charge on any atom is 0.223 e. The first-order valence-corrected chi connectivity index (χ1v) is 4.79. The summed E-state index contributed by atoms with van der Waals surface area (Å²) < 4.78 is 13.4. The number of aryl methyl sites for hydroxylation is 1. The number of hydrogen-bond acceptors (Lipinski definition) is 2. The summed E-state index contributed by atoms with van der Waals surface area (Å²) in [5.74, 6) is -0.597. The molecule has 76 valence electrons. The average Bonchev–Trinajstić information content (AvgIpc) is 2.17. The molecule has 0 saturated carbocycles. The topological polar surface area (TPSA) is 25.8 Å². The normalized spacial score (nSPS) is 10.3. The molecule has 0 bridgehead atoms. The summed E-state index contributed by atoms with van der Waals surface area (Å²) in [7, 11) is 0. The van der Waals surface area contributed by atoms with Crippen LogP contribution in [-0.2, 0) is 0 Å². The van der Waals surface area contributed by atoms with Crippen molar-refractivity contribution in [2.75, 3.05) is 0 Å². The van der Waals surface area contributed by atoms with Gasteiger partial charge in [0.25, 0.3) is 0 Å². The number of pyridine rings is 2. The zero-order chi connectivity index (χ0) is 10.8. The zero-order valence-electron chi connectivity index (χ0n) is 8.04. The fourth-order valence-electron chi connectivity index (χ4n) is 1.29. The molecule has 0 N–H and O–H groups in total. The summed E-state index contributed by atoms with van der Waals surface area (Å²) in [5, 5.41) is 0.143.